The summed E-state index contributed by atoms with van der Waals surface area (Å²) in [6.45, 7) is 5.44. The van der Waals surface area contributed by atoms with Gasteiger partial charge >= 0.3 is 0 Å². The molecule has 0 bridgehead atoms. The number of benzene rings is 1. The van der Waals surface area contributed by atoms with Crippen LogP contribution in [0.4, 0.5) is 8.78 Å². The molecule has 3 heterocycles. The van der Waals surface area contributed by atoms with Crippen molar-refractivity contribution in [2.24, 2.45) is 0 Å². The van der Waals surface area contributed by atoms with Crippen molar-refractivity contribution in [2.45, 2.75) is 63.4 Å². The number of nitrogens with zero attached hydrogens (tertiary/aromatic N) is 3. The van der Waals surface area contributed by atoms with Gasteiger partial charge in [0, 0.05) is 19.1 Å². The van der Waals surface area contributed by atoms with Crippen molar-refractivity contribution in [3.8, 4) is 23.6 Å². The molecule has 0 aliphatic carbocycles. The number of halogens is 2. The molecule has 0 amide bonds. The van der Waals surface area contributed by atoms with Crippen LogP contribution in [0.25, 0.3) is 11.3 Å². The number of hydrogen-bond acceptors (Lipinski definition) is 6. The van der Waals surface area contributed by atoms with Gasteiger partial charge in [-0.05, 0) is 32.4 Å². The molecule has 7 nitrogen and oxygen atoms in total. The fourth-order valence-electron chi connectivity index (χ4n) is 4.19. The molecule has 2 aliphatic heterocycles. The van der Waals surface area contributed by atoms with E-state index in [1.54, 1.807) is 18.0 Å². The minimum absolute atomic E-state index is 0.0281. The number of terminal acetylenes is 1. The Bertz CT molecular complexity index is 1000. The van der Waals surface area contributed by atoms with Crippen LogP contribution in [0.15, 0.2) is 18.3 Å². The van der Waals surface area contributed by atoms with E-state index in [-0.39, 0.29) is 16.8 Å². The maximum atomic E-state index is 14.5. The lowest BCUT2D eigenvalue weighted by Crippen LogP contribution is -2.62. The molecule has 1 aromatic heterocycles. The molecule has 2 aromatic rings. The minimum atomic E-state index is -0.964. The van der Waals surface area contributed by atoms with Crippen LogP contribution in [0.5, 0.6) is 0 Å². The van der Waals surface area contributed by atoms with Crippen molar-refractivity contribution in [3.63, 3.8) is 0 Å². The number of aryl methyl sites for hydroxylation is 1. The zero-order chi connectivity index (χ0) is 22.3. The fourth-order valence-corrected chi connectivity index (χ4v) is 4.19. The van der Waals surface area contributed by atoms with Crippen molar-refractivity contribution in [1.29, 1.82) is 0 Å². The van der Waals surface area contributed by atoms with E-state index in [1.807, 2.05) is 13.8 Å². The standard InChI is InChI=1S/C22H25F2N3O4/c1-6-7-15-20(28-5)19(21-16(30-15)11-29-22(3,4)31-21)27-10-14(25-26-27)13-9-8-12(2)17(23)18(13)24/h1,8-10,15-16,19-21H,7,11H2,2-5H3/t15-,16-,19?,20+,21+/m1/s1. The highest BCUT2D eigenvalue weighted by molar-refractivity contribution is 5.59. The zero-order valence-corrected chi connectivity index (χ0v) is 17.8. The Morgan fingerprint density at radius 1 is 1.32 bits per heavy atom. The van der Waals surface area contributed by atoms with Crippen molar-refractivity contribution in [1.82, 2.24) is 15.0 Å². The maximum absolute atomic E-state index is 14.5. The van der Waals surface area contributed by atoms with E-state index in [1.165, 1.54) is 19.1 Å². The molecular formula is C22H25F2N3O4. The number of aromatic nitrogens is 3. The maximum Gasteiger partial charge on any atom is 0.168 e. The highest BCUT2D eigenvalue weighted by atomic mass is 19.2. The van der Waals surface area contributed by atoms with Crippen LogP contribution in [-0.2, 0) is 18.9 Å². The quantitative estimate of drug-likeness (QED) is 0.691. The first-order chi connectivity index (χ1) is 14.8. The smallest absolute Gasteiger partial charge is 0.168 e. The minimum Gasteiger partial charge on any atom is -0.376 e. The van der Waals surface area contributed by atoms with Gasteiger partial charge in [0.25, 0.3) is 0 Å². The molecule has 31 heavy (non-hydrogen) atoms. The molecule has 2 aliphatic rings. The Kier molecular flexibility index (Phi) is 5.83. The van der Waals surface area contributed by atoms with Gasteiger partial charge in [-0.1, -0.05) is 11.3 Å². The molecule has 166 valence electrons. The first-order valence-electron chi connectivity index (χ1n) is 10.1. The molecule has 0 saturated carbocycles. The molecule has 2 fully saturated rings. The van der Waals surface area contributed by atoms with Gasteiger partial charge in [0.05, 0.1) is 18.9 Å². The first-order valence-corrected chi connectivity index (χ1v) is 10.1. The lowest BCUT2D eigenvalue weighted by atomic mass is 9.90. The van der Waals surface area contributed by atoms with Crippen LogP contribution >= 0.6 is 0 Å². The third-order valence-electron chi connectivity index (χ3n) is 5.73. The molecule has 1 unspecified atom stereocenters. The molecule has 5 atom stereocenters. The third-order valence-corrected chi connectivity index (χ3v) is 5.73. The van der Waals surface area contributed by atoms with Gasteiger partial charge in [0.2, 0.25) is 0 Å². The normalized spacial score (nSPS) is 29.9. The summed E-state index contributed by atoms with van der Waals surface area (Å²) in [5.74, 6) is -0.0953. The van der Waals surface area contributed by atoms with Gasteiger partial charge in [-0.25, -0.2) is 13.5 Å². The van der Waals surface area contributed by atoms with Gasteiger partial charge in [0.1, 0.15) is 30.0 Å². The van der Waals surface area contributed by atoms with E-state index >= 15 is 0 Å². The second-order valence-corrected chi connectivity index (χ2v) is 8.25. The topological polar surface area (TPSA) is 67.6 Å². The van der Waals surface area contributed by atoms with Crippen LogP contribution < -0.4 is 0 Å². The van der Waals surface area contributed by atoms with Crippen molar-refractivity contribution < 1.29 is 27.7 Å². The molecule has 0 radical (unpaired) electrons. The lowest BCUT2D eigenvalue weighted by Gasteiger charge is -2.50. The van der Waals surface area contributed by atoms with Gasteiger partial charge in [0.15, 0.2) is 17.4 Å². The van der Waals surface area contributed by atoms with E-state index in [0.717, 1.165) is 0 Å². The molecular weight excluding hydrogens is 408 g/mol. The predicted molar refractivity (Wildman–Crippen MR) is 107 cm³/mol. The lowest BCUT2D eigenvalue weighted by molar-refractivity contribution is -0.349. The zero-order valence-electron chi connectivity index (χ0n) is 17.8. The summed E-state index contributed by atoms with van der Waals surface area (Å²) >= 11 is 0. The predicted octanol–water partition coefficient (Wildman–Crippen LogP) is 3.03. The summed E-state index contributed by atoms with van der Waals surface area (Å²) in [5.41, 5.74) is 0.449. The number of hydrogen-bond donors (Lipinski definition) is 0. The Balaban J connectivity index is 1.74. The summed E-state index contributed by atoms with van der Waals surface area (Å²) < 4.78 is 54.0. The number of rotatable bonds is 4. The Hall–Kier alpha value is -2.38. The Morgan fingerprint density at radius 2 is 2.10 bits per heavy atom. The van der Waals surface area contributed by atoms with Crippen molar-refractivity contribution in [3.05, 3.63) is 35.5 Å². The average molecular weight is 433 g/mol. The van der Waals surface area contributed by atoms with Crippen LogP contribution in [0.1, 0.15) is 31.9 Å². The van der Waals surface area contributed by atoms with Crippen LogP contribution in [-0.4, -0.2) is 58.9 Å². The summed E-state index contributed by atoms with van der Waals surface area (Å²) in [6, 6.07) is 2.52. The van der Waals surface area contributed by atoms with E-state index in [0.29, 0.717) is 13.0 Å². The summed E-state index contributed by atoms with van der Waals surface area (Å²) in [4.78, 5) is 0. The summed E-state index contributed by atoms with van der Waals surface area (Å²) in [6.07, 6.45) is 5.62. The average Bonchev–Trinajstić information content (AvgIpc) is 3.20. The van der Waals surface area contributed by atoms with E-state index < -0.39 is 47.9 Å². The second-order valence-electron chi connectivity index (χ2n) is 8.25. The number of ether oxygens (including phenoxy) is 4. The first kappa shape index (κ1) is 21.8. The fraction of sp³-hybridized carbons (Fsp3) is 0.545. The molecule has 4 rings (SSSR count). The molecule has 2 saturated heterocycles. The Morgan fingerprint density at radius 3 is 2.81 bits per heavy atom. The highest BCUT2D eigenvalue weighted by Gasteiger charge is 2.52. The van der Waals surface area contributed by atoms with Crippen molar-refractivity contribution >= 4 is 0 Å². The van der Waals surface area contributed by atoms with Crippen molar-refractivity contribution in [2.75, 3.05) is 13.7 Å². The van der Waals surface area contributed by atoms with Gasteiger partial charge in [-0.2, -0.15) is 0 Å². The highest BCUT2D eigenvalue weighted by Crippen LogP contribution is 2.40. The SMILES string of the molecule is C#CC[C@H]1O[C@@H]2COC(C)(C)O[C@@H]2C(n2cc(-c3ccc(C)c(F)c3F)nn2)[C@H]1OC. The molecule has 1 aromatic carbocycles. The molecule has 0 spiro atoms. The van der Waals surface area contributed by atoms with E-state index in [9.17, 15) is 8.78 Å². The van der Waals surface area contributed by atoms with Gasteiger partial charge in [-0.3, -0.25) is 0 Å². The van der Waals surface area contributed by atoms with Gasteiger partial charge in [-0.15, -0.1) is 17.4 Å². The number of fused-ring (bicyclic) bond motifs is 1. The Labute approximate surface area is 179 Å². The molecule has 9 heteroatoms. The van der Waals surface area contributed by atoms with E-state index in [4.69, 9.17) is 25.4 Å². The monoisotopic (exact) mass is 433 g/mol. The molecule has 0 N–H and O–H groups in total. The third kappa shape index (κ3) is 3.96. The largest absolute Gasteiger partial charge is 0.376 e. The van der Waals surface area contributed by atoms with Crippen LogP contribution in [0.3, 0.4) is 0 Å². The van der Waals surface area contributed by atoms with Crippen LogP contribution in [0.2, 0.25) is 0 Å². The van der Waals surface area contributed by atoms with Gasteiger partial charge < -0.3 is 18.9 Å². The second kappa shape index (κ2) is 8.28. The van der Waals surface area contributed by atoms with E-state index in [2.05, 4.69) is 16.2 Å². The summed E-state index contributed by atoms with van der Waals surface area (Å²) in [5, 5.41) is 8.30. The number of methoxy groups -OCH3 is 1. The van der Waals surface area contributed by atoms with Crippen LogP contribution in [0, 0.1) is 30.9 Å². The summed E-state index contributed by atoms with van der Waals surface area (Å²) in [7, 11) is 1.56.